The highest BCUT2D eigenvalue weighted by atomic mass is 32.1. The Bertz CT molecular complexity index is 405. The van der Waals surface area contributed by atoms with E-state index in [-0.39, 0.29) is 19.1 Å². The number of amides is 1. The Balaban J connectivity index is 1.93. The van der Waals surface area contributed by atoms with Gasteiger partial charge in [-0.25, -0.2) is 0 Å². The Hall–Kier alpha value is -1.11. The van der Waals surface area contributed by atoms with Crippen molar-refractivity contribution in [1.29, 1.82) is 0 Å². The molecular weight excluding hydrogens is 240 g/mol. The van der Waals surface area contributed by atoms with Gasteiger partial charge in [0.1, 0.15) is 5.60 Å². The molecule has 1 saturated heterocycles. The van der Waals surface area contributed by atoms with E-state index in [2.05, 4.69) is 5.32 Å². The minimum atomic E-state index is -0.923. The molecule has 1 fully saturated rings. The monoisotopic (exact) mass is 256 g/mol. The molecule has 0 bridgehead atoms. The maximum atomic E-state index is 11.8. The van der Waals surface area contributed by atoms with Gasteiger partial charge >= 0.3 is 0 Å². The smallest absolute Gasteiger partial charge is 0.261 e. The summed E-state index contributed by atoms with van der Waals surface area (Å²) in [6.07, 6.45) is 0.554. The molecular formula is C11H16N2O3S. The Morgan fingerprint density at radius 3 is 3.06 bits per heavy atom. The number of carbonyl (C=O) groups is 1. The summed E-state index contributed by atoms with van der Waals surface area (Å²) in [5.41, 5.74) is 5.39. The molecule has 5 nitrogen and oxygen atoms in total. The molecule has 1 aromatic heterocycles. The Kier molecular flexibility index (Phi) is 3.37. The molecule has 2 rings (SSSR count). The van der Waals surface area contributed by atoms with E-state index in [1.807, 2.05) is 6.92 Å². The van der Waals surface area contributed by atoms with E-state index >= 15 is 0 Å². The predicted molar refractivity (Wildman–Crippen MR) is 66.2 cm³/mol. The molecule has 0 aliphatic carbocycles. The van der Waals surface area contributed by atoms with E-state index < -0.39 is 5.60 Å². The van der Waals surface area contributed by atoms with E-state index in [1.165, 1.54) is 11.3 Å². The lowest BCUT2D eigenvalue weighted by Crippen LogP contribution is -2.43. The van der Waals surface area contributed by atoms with Gasteiger partial charge in [-0.15, -0.1) is 11.3 Å². The van der Waals surface area contributed by atoms with Crippen molar-refractivity contribution in [3.8, 4) is 0 Å². The number of aryl methyl sites for hydroxylation is 1. The second kappa shape index (κ2) is 4.64. The number of hydrogen-bond acceptors (Lipinski definition) is 5. The number of hydrogen-bond donors (Lipinski definition) is 3. The molecule has 6 heteroatoms. The van der Waals surface area contributed by atoms with Gasteiger partial charge in [-0.3, -0.25) is 4.79 Å². The van der Waals surface area contributed by atoms with E-state index in [1.54, 1.807) is 6.07 Å². The zero-order valence-electron chi connectivity index (χ0n) is 9.66. The fraction of sp³-hybridized carbons (Fsp3) is 0.545. The van der Waals surface area contributed by atoms with Crippen molar-refractivity contribution in [2.24, 2.45) is 0 Å². The number of ether oxygens (including phenoxy) is 1. The van der Waals surface area contributed by atoms with Crippen molar-refractivity contribution in [3.05, 3.63) is 15.8 Å². The van der Waals surface area contributed by atoms with Crippen LogP contribution in [-0.2, 0) is 4.74 Å². The fourth-order valence-corrected chi connectivity index (χ4v) is 2.53. The summed E-state index contributed by atoms with van der Waals surface area (Å²) in [5, 5.41) is 12.7. The SMILES string of the molecule is Cc1sc(C(=O)NCC2(O)CCOC2)cc1N. The Morgan fingerprint density at radius 1 is 1.76 bits per heavy atom. The number of anilines is 1. The van der Waals surface area contributed by atoms with E-state index in [4.69, 9.17) is 10.5 Å². The molecule has 1 unspecified atom stereocenters. The van der Waals surface area contributed by atoms with E-state index in [0.29, 0.717) is 23.6 Å². The molecule has 0 saturated carbocycles. The Labute approximate surface area is 104 Å². The molecule has 94 valence electrons. The number of nitrogen functional groups attached to an aromatic ring is 1. The van der Waals surface area contributed by atoms with Gasteiger partial charge in [0.05, 0.1) is 11.5 Å². The maximum Gasteiger partial charge on any atom is 0.261 e. The van der Waals surface area contributed by atoms with E-state index in [9.17, 15) is 9.90 Å². The van der Waals surface area contributed by atoms with Crippen LogP contribution in [0, 0.1) is 6.92 Å². The standard InChI is InChI=1S/C11H16N2O3S/c1-7-8(12)4-9(17-7)10(14)13-5-11(15)2-3-16-6-11/h4,15H,2-3,5-6,12H2,1H3,(H,13,14). The summed E-state index contributed by atoms with van der Waals surface area (Å²) in [5.74, 6) is -0.199. The van der Waals surface area contributed by atoms with Crippen molar-refractivity contribution in [2.45, 2.75) is 18.9 Å². The molecule has 1 aliphatic rings. The van der Waals surface area contributed by atoms with Crippen molar-refractivity contribution in [3.63, 3.8) is 0 Å². The van der Waals surface area contributed by atoms with Crippen molar-refractivity contribution in [2.75, 3.05) is 25.5 Å². The van der Waals surface area contributed by atoms with Crippen LogP contribution in [0.1, 0.15) is 21.0 Å². The van der Waals surface area contributed by atoms with Gasteiger partial charge in [0.25, 0.3) is 5.91 Å². The van der Waals surface area contributed by atoms with Crippen LogP contribution in [0.15, 0.2) is 6.07 Å². The molecule has 1 atom stereocenters. The predicted octanol–water partition coefficient (Wildman–Crippen LogP) is 0.520. The zero-order chi connectivity index (χ0) is 12.5. The average molecular weight is 256 g/mol. The topological polar surface area (TPSA) is 84.6 Å². The third-order valence-corrected chi connectivity index (χ3v) is 3.91. The molecule has 1 aromatic rings. The molecule has 1 aliphatic heterocycles. The summed E-state index contributed by atoms with van der Waals surface area (Å²) in [6.45, 7) is 2.90. The summed E-state index contributed by atoms with van der Waals surface area (Å²) in [6, 6.07) is 1.66. The number of nitrogens with two attached hydrogens (primary N) is 1. The normalized spacial score (nSPS) is 23.9. The first kappa shape index (κ1) is 12.3. The highest BCUT2D eigenvalue weighted by Crippen LogP contribution is 2.23. The molecule has 17 heavy (non-hydrogen) atoms. The van der Waals surface area contributed by atoms with Crippen molar-refractivity contribution in [1.82, 2.24) is 5.32 Å². The number of nitrogens with one attached hydrogen (secondary N) is 1. The average Bonchev–Trinajstić information content (AvgIpc) is 2.85. The van der Waals surface area contributed by atoms with Gasteiger partial charge in [-0.1, -0.05) is 0 Å². The highest BCUT2D eigenvalue weighted by molar-refractivity contribution is 7.14. The fourth-order valence-electron chi connectivity index (χ4n) is 1.68. The molecule has 2 heterocycles. The zero-order valence-corrected chi connectivity index (χ0v) is 10.5. The number of carbonyl (C=O) groups excluding carboxylic acids is 1. The quantitative estimate of drug-likeness (QED) is 0.736. The third-order valence-electron chi connectivity index (χ3n) is 2.84. The van der Waals surface area contributed by atoms with Crippen molar-refractivity contribution >= 4 is 22.9 Å². The van der Waals surface area contributed by atoms with Crippen LogP contribution < -0.4 is 11.1 Å². The van der Waals surface area contributed by atoms with Gasteiger partial charge in [-0.05, 0) is 13.0 Å². The molecule has 0 radical (unpaired) electrons. The van der Waals surface area contributed by atoms with Crippen LogP contribution >= 0.6 is 11.3 Å². The molecule has 4 N–H and O–H groups in total. The van der Waals surface area contributed by atoms with Crippen LogP contribution in [0.25, 0.3) is 0 Å². The molecule has 1 amide bonds. The summed E-state index contributed by atoms with van der Waals surface area (Å²) < 4.78 is 5.10. The molecule has 0 aromatic carbocycles. The van der Waals surface area contributed by atoms with Crippen LogP contribution in [0.4, 0.5) is 5.69 Å². The van der Waals surface area contributed by atoms with Gasteiger partial charge in [0, 0.05) is 30.1 Å². The van der Waals surface area contributed by atoms with Crippen LogP contribution in [-0.4, -0.2) is 36.4 Å². The lowest BCUT2D eigenvalue weighted by molar-refractivity contribution is 0.0265. The van der Waals surface area contributed by atoms with Crippen LogP contribution in [0.5, 0.6) is 0 Å². The van der Waals surface area contributed by atoms with Crippen molar-refractivity contribution < 1.29 is 14.6 Å². The van der Waals surface area contributed by atoms with Gasteiger partial charge in [0.15, 0.2) is 0 Å². The lowest BCUT2D eigenvalue weighted by atomic mass is 10.0. The third kappa shape index (κ3) is 2.77. The first-order valence-electron chi connectivity index (χ1n) is 5.44. The second-order valence-electron chi connectivity index (χ2n) is 4.33. The van der Waals surface area contributed by atoms with Crippen LogP contribution in [0.2, 0.25) is 0 Å². The second-order valence-corrected chi connectivity index (χ2v) is 5.59. The van der Waals surface area contributed by atoms with E-state index in [0.717, 1.165) is 4.88 Å². The van der Waals surface area contributed by atoms with Crippen LogP contribution in [0.3, 0.4) is 0 Å². The minimum absolute atomic E-state index is 0.199. The first-order valence-corrected chi connectivity index (χ1v) is 6.26. The number of aliphatic hydroxyl groups is 1. The maximum absolute atomic E-state index is 11.8. The van der Waals surface area contributed by atoms with Gasteiger partial charge < -0.3 is 20.9 Å². The largest absolute Gasteiger partial charge is 0.398 e. The summed E-state index contributed by atoms with van der Waals surface area (Å²) >= 11 is 1.35. The Morgan fingerprint density at radius 2 is 2.53 bits per heavy atom. The highest BCUT2D eigenvalue weighted by Gasteiger charge is 2.32. The molecule has 0 spiro atoms. The first-order chi connectivity index (χ1) is 8.00. The number of rotatable bonds is 3. The lowest BCUT2D eigenvalue weighted by Gasteiger charge is -2.20. The summed E-state index contributed by atoms with van der Waals surface area (Å²) in [7, 11) is 0. The van der Waals surface area contributed by atoms with Gasteiger partial charge in [0.2, 0.25) is 0 Å². The number of thiophene rings is 1. The van der Waals surface area contributed by atoms with Gasteiger partial charge in [-0.2, -0.15) is 0 Å². The summed E-state index contributed by atoms with van der Waals surface area (Å²) in [4.78, 5) is 13.3. The minimum Gasteiger partial charge on any atom is -0.398 e.